The number of aliphatic hydroxyl groups is 2. The minimum Gasteiger partial charge on any atom is -0.491 e. The van der Waals surface area contributed by atoms with Crippen molar-refractivity contribution in [3.05, 3.63) is 78.4 Å². The maximum absolute atomic E-state index is 10.1. The first kappa shape index (κ1) is 23.1. The normalized spacial score (nSPS) is 13.6. The average Bonchev–Trinajstić information content (AvgIpc) is 3.29. The molecule has 0 bridgehead atoms. The fraction of sp³-hybridized carbons (Fsp3) is 0.375. The lowest BCUT2D eigenvalue weighted by atomic mass is 9.78. The van der Waals surface area contributed by atoms with Crippen LogP contribution in [0.15, 0.2) is 67.3 Å². The molecule has 3 rings (SSSR count). The van der Waals surface area contributed by atoms with Crippen molar-refractivity contribution < 1.29 is 19.7 Å². The maximum Gasteiger partial charge on any atom is 0.119 e. The van der Waals surface area contributed by atoms with Gasteiger partial charge in [-0.2, -0.15) is 0 Å². The summed E-state index contributed by atoms with van der Waals surface area (Å²) in [7, 11) is 0. The summed E-state index contributed by atoms with van der Waals surface area (Å²) in [4.78, 5) is 3.96. The summed E-state index contributed by atoms with van der Waals surface area (Å²) in [5, 5.41) is 19.6. The van der Waals surface area contributed by atoms with Crippen LogP contribution >= 0.6 is 11.6 Å². The highest BCUT2D eigenvalue weighted by molar-refractivity contribution is 6.18. The Kier molecular flexibility index (Phi) is 7.96. The summed E-state index contributed by atoms with van der Waals surface area (Å²) >= 11 is 5.59. The summed E-state index contributed by atoms with van der Waals surface area (Å²) in [6.45, 7) is 5.14. The molecule has 3 aromatic rings. The quantitative estimate of drug-likeness (QED) is 0.442. The summed E-state index contributed by atoms with van der Waals surface area (Å²) in [5.41, 5.74) is 2.07. The molecule has 0 saturated carbocycles. The second kappa shape index (κ2) is 10.7. The van der Waals surface area contributed by atoms with Gasteiger partial charge in [0.25, 0.3) is 0 Å². The van der Waals surface area contributed by atoms with Gasteiger partial charge >= 0.3 is 0 Å². The number of aliphatic hydroxyl groups excluding tert-OH is 2. The van der Waals surface area contributed by atoms with Crippen LogP contribution in [0.25, 0.3) is 0 Å². The third-order valence-electron chi connectivity index (χ3n) is 5.20. The Labute approximate surface area is 188 Å². The van der Waals surface area contributed by atoms with E-state index < -0.39 is 12.2 Å². The van der Waals surface area contributed by atoms with Crippen molar-refractivity contribution in [2.45, 2.75) is 38.0 Å². The van der Waals surface area contributed by atoms with E-state index in [0.29, 0.717) is 18.0 Å². The third kappa shape index (κ3) is 6.47. The van der Waals surface area contributed by atoms with E-state index in [9.17, 15) is 10.2 Å². The second-order valence-corrected chi connectivity index (χ2v) is 8.33. The highest BCUT2D eigenvalue weighted by atomic mass is 35.5. The molecule has 0 radical (unpaired) electrons. The van der Waals surface area contributed by atoms with E-state index in [1.807, 2.05) is 59.3 Å². The van der Waals surface area contributed by atoms with Crippen LogP contribution in [0.5, 0.6) is 11.5 Å². The number of alkyl halides is 1. The summed E-state index contributed by atoms with van der Waals surface area (Å²) in [5.74, 6) is 1.56. The zero-order valence-electron chi connectivity index (χ0n) is 17.8. The maximum atomic E-state index is 10.1. The Hall–Kier alpha value is -2.54. The van der Waals surface area contributed by atoms with Crippen molar-refractivity contribution in [2.75, 3.05) is 19.1 Å². The number of imidazole rings is 1. The molecule has 31 heavy (non-hydrogen) atoms. The molecule has 2 aromatic carbocycles. The van der Waals surface area contributed by atoms with Gasteiger partial charge in [-0.15, -0.1) is 11.6 Å². The van der Waals surface area contributed by atoms with Crippen LogP contribution in [0.1, 0.15) is 25.0 Å². The SMILES string of the molecule is CC(C)(c1ccc(OC[C@H](O)CCl)cc1)c1ccc(OC[C@@H](O)Cn2ccnc2)cc1. The highest BCUT2D eigenvalue weighted by Gasteiger charge is 2.23. The first-order chi connectivity index (χ1) is 14.9. The molecule has 2 atom stereocenters. The molecule has 1 heterocycles. The number of benzene rings is 2. The van der Waals surface area contributed by atoms with E-state index >= 15 is 0 Å². The molecule has 0 fully saturated rings. The molecule has 0 amide bonds. The van der Waals surface area contributed by atoms with Crippen molar-refractivity contribution in [3.63, 3.8) is 0 Å². The number of hydrogen-bond acceptors (Lipinski definition) is 5. The number of nitrogens with zero attached hydrogens (tertiary/aromatic N) is 2. The Balaban J connectivity index is 1.57. The molecule has 0 unspecified atom stereocenters. The lowest BCUT2D eigenvalue weighted by molar-refractivity contribution is 0.0924. The molecule has 6 nitrogen and oxygen atoms in total. The number of rotatable bonds is 11. The summed E-state index contributed by atoms with van der Waals surface area (Å²) < 4.78 is 13.1. The third-order valence-corrected chi connectivity index (χ3v) is 5.55. The molecule has 7 heteroatoms. The molecule has 0 aliphatic rings. The predicted molar refractivity (Wildman–Crippen MR) is 121 cm³/mol. The van der Waals surface area contributed by atoms with Gasteiger partial charge in [-0.05, 0) is 35.4 Å². The van der Waals surface area contributed by atoms with E-state index in [0.717, 1.165) is 11.1 Å². The van der Waals surface area contributed by atoms with Crippen LogP contribution in [-0.2, 0) is 12.0 Å². The highest BCUT2D eigenvalue weighted by Crippen LogP contribution is 2.33. The molecule has 166 valence electrons. The Morgan fingerprint density at radius 2 is 1.42 bits per heavy atom. The minimum absolute atomic E-state index is 0.147. The van der Waals surface area contributed by atoms with E-state index in [-0.39, 0.29) is 24.5 Å². The van der Waals surface area contributed by atoms with Gasteiger partial charge in [-0.1, -0.05) is 38.1 Å². The number of halogens is 1. The largest absolute Gasteiger partial charge is 0.491 e. The van der Waals surface area contributed by atoms with Crippen molar-refractivity contribution >= 4 is 11.6 Å². The lowest BCUT2D eigenvalue weighted by Crippen LogP contribution is -2.23. The van der Waals surface area contributed by atoms with Crippen LogP contribution in [0.2, 0.25) is 0 Å². The lowest BCUT2D eigenvalue weighted by Gasteiger charge is -2.26. The smallest absolute Gasteiger partial charge is 0.119 e. The molecular formula is C24H29ClN2O4. The summed E-state index contributed by atoms with van der Waals surface area (Å²) in [6.07, 6.45) is 3.87. The van der Waals surface area contributed by atoms with Gasteiger partial charge < -0.3 is 24.3 Å². The first-order valence-corrected chi connectivity index (χ1v) is 10.8. The van der Waals surface area contributed by atoms with Crippen molar-refractivity contribution in [1.29, 1.82) is 0 Å². The zero-order chi connectivity index (χ0) is 22.3. The monoisotopic (exact) mass is 444 g/mol. The number of ether oxygens (including phenoxy) is 2. The molecular weight excluding hydrogens is 416 g/mol. The van der Waals surface area contributed by atoms with Crippen LogP contribution in [0, 0.1) is 0 Å². The molecule has 0 aliphatic heterocycles. The van der Waals surface area contributed by atoms with Crippen LogP contribution < -0.4 is 9.47 Å². The first-order valence-electron chi connectivity index (χ1n) is 10.2. The fourth-order valence-corrected chi connectivity index (χ4v) is 3.31. The van der Waals surface area contributed by atoms with E-state index in [1.165, 1.54) is 0 Å². The van der Waals surface area contributed by atoms with Gasteiger partial charge in [0.1, 0.15) is 36.9 Å². The van der Waals surface area contributed by atoms with E-state index in [4.69, 9.17) is 21.1 Å². The zero-order valence-corrected chi connectivity index (χ0v) is 18.6. The standard InChI is InChI=1S/C24H29ClN2O4/c1-24(2,18-3-7-22(8-4-18)30-15-20(28)13-25)19-5-9-23(10-6-19)31-16-21(29)14-27-12-11-26-17-27/h3-12,17,20-21,28-29H,13-16H2,1-2H3/t20-,21+/m1/s1. The Morgan fingerprint density at radius 3 is 1.87 bits per heavy atom. The van der Waals surface area contributed by atoms with Gasteiger partial charge in [0.05, 0.1) is 18.8 Å². The fourth-order valence-electron chi connectivity index (χ4n) is 3.22. The average molecular weight is 445 g/mol. The van der Waals surface area contributed by atoms with Gasteiger partial charge in [0, 0.05) is 17.8 Å². The predicted octanol–water partition coefficient (Wildman–Crippen LogP) is 3.63. The summed E-state index contributed by atoms with van der Waals surface area (Å²) in [6, 6.07) is 15.8. The van der Waals surface area contributed by atoms with Crippen molar-refractivity contribution in [3.8, 4) is 11.5 Å². The van der Waals surface area contributed by atoms with Gasteiger partial charge in [0.2, 0.25) is 0 Å². The van der Waals surface area contributed by atoms with E-state index in [1.54, 1.807) is 12.5 Å². The minimum atomic E-state index is -0.675. The Bertz CT molecular complexity index is 912. The van der Waals surface area contributed by atoms with Crippen LogP contribution in [0.3, 0.4) is 0 Å². The molecule has 2 N–H and O–H groups in total. The second-order valence-electron chi connectivity index (χ2n) is 8.02. The molecule has 0 spiro atoms. The van der Waals surface area contributed by atoms with Gasteiger partial charge in [-0.3, -0.25) is 0 Å². The van der Waals surface area contributed by atoms with Gasteiger partial charge in [0.15, 0.2) is 0 Å². The molecule has 0 aliphatic carbocycles. The van der Waals surface area contributed by atoms with E-state index in [2.05, 4.69) is 18.8 Å². The number of aromatic nitrogens is 2. The molecule has 0 saturated heterocycles. The van der Waals surface area contributed by atoms with Gasteiger partial charge in [-0.25, -0.2) is 4.98 Å². The van der Waals surface area contributed by atoms with Crippen molar-refractivity contribution in [1.82, 2.24) is 9.55 Å². The Morgan fingerprint density at radius 1 is 0.903 bits per heavy atom. The topological polar surface area (TPSA) is 76.7 Å². The van der Waals surface area contributed by atoms with Crippen molar-refractivity contribution in [2.24, 2.45) is 0 Å². The molecule has 1 aromatic heterocycles. The van der Waals surface area contributed by atoms with Crippen LogP contribution in [0.4, 0.5) is 0 Å². The number of hydrogen-bond donors (Lipinski definition) is 2. The van der Waals surface area contributed by atoms with Crippen LogP contribution in [-0.4, -0.2) is 51.1 Å².